The highest BCUT2D eigenvalue weighted by Crippen LogP contribution is 2.33. The molecule has 0 aliphatic carbocycles. The van der Waals surface area contributed by atoms with Gasteiger partial charge < -0.3 is 10.3 Å². The van der Waals surface area contributed by atoms with Crippen molar-refractivity contribution in [3.8, 4) is 11.3 Å². The van der Waals surface area contributed by atoms with Crippen molar-refractivity contribution in [2.24, 2.45) is 0 Å². The van der Waals surface area contributed by atoms with Gasteiger partial charge in [0.05, 0.1) is 17.4 Å². The third-order valence-electron chi connectivity index (χ3n) is 5.66. The van der Waals surface area contributed by atoms with E-state index in [1.807, 2.05) is 35.1 Å². The van der Waals surface area contributed by atoms with Gasteiger partial charge in [0, 0.05) is 30.1 Å². The molecule has 0 amide bonds. The first-order valence-corrected chi connectivity index (χ1v) is 9.97. The number of nitrogens with one attached hydrogen (secondary N) is 2. The van der Waals surface area contributed by atoms with Crippen LogP contribution in [-0.2, 0) is 0 Å². The number of H-pyrrole nitrogens is 1. The quantitative estimate of drug-likeness (QED) is 0.543. The molecule has 1 unspecified atom stereocenters. The largest absolute Gasteiger partial charge is 0.342 e. The van der Waals surface area contributed by atoms with E-state index in [4.69, 9.17) is 0 Å². The molecule has 3 heterocycles. The molecule has 2 aromatic carbocycles. The summed E-state index contributed by atoms with van der Waals surface area (Å²) in [5.74, 6) is 1.07. The van der Waals surface area contributed by atoms with Crippen LogP contribution in [0.3, 0.4) is 0 Å². The van der Waals surface area contributed by atoms with Crippen molar-refractivity contribution >= 4 is 11.0 Å². The predicted molar refractivity (Wildman–Crippen MR) is 110 cm³/mol. The summed E-state index contributed by atoms with van der Waals surface area (Å²) in [6.07, 6.45) is 2.83. The summed E-state index contributed by atoms with van der Waals surface area (Å²) in [7, 11) is 0. The molecular formula is C22H23FN6. The zero-order chi connectivity index (χ0) is 20.0. The number of aromatic nitrogens is 5. The molecule has 1 saturated heterocycles. The second kappa shape index (κ2) is 7.08. The Bertz CT molecular complexity index is 1140. The lowest BCUT2D eigenvalue weighted by atomic mass is 9.99. The van der Waals surface area contributed by atoms with Crippen LogP contribution in [0, 0.1) is 5.82 Å². The lowest BCUT2D eigenvalue weighted by Gasteiger charge is -2.10. The highest BCUT2D eigenvalue weighted by atomic mass is 19.1. The van der Waals surface area contributed by atoms with E-state index < -0.39 is 0 Å². The number of hydrogen-bond acceptors (Lipinski definition) is 4. The Balaban J connectivity index is 1.38. The summed E-state index contributed by atoms with van der Waals surface area (Å²) in [5.41, 5.74) is 5.09. The van der Waals surface area contributed by atoms with E-state index in [2.05, 4.69) is 45.5 Å². The average Bonchev–Trinajstić information content (AvgIpc) is 3.46. The zero-order valence-electron chi connectivity index (χ0n) is 16.4. The van der Waals surface area contributed by atoms with Gasteiger partial charge >= 0.3 is 0 Å². The van der Waals surface area contributed by atoms with Gasteiger partial charge in [-0.25, -0.2) is 14.1 Å². The van der Waals surface area contributed by atoms with Crippen molar-refractivity contribution in [3.05, 3.63) is 65.9 Å². The molecule has 0 saturated carbocycles. The average molecular weight is 390 g/mol. The molecule has 7 heteroatoms. The number of imidazole rings is 1. The van der Waals surface area contributed by atoms with E-state index in [0.717, 1.165) is 46.6 Å². The van der Waals surface area contributed by atoms with Crippen molar-refractivity contribution in [2.45, 2.75) is 38.3 Å². The summed E-state index contributed by atoms with van der Waals surface area (Å²) in [6, 6.07) is 13.4. The molecule has 1 aliphatic heterocycles. The third-order valence-corrected chi connectivity index (χ3v) is 5.66. The predicted octanol–water partition coefficient (Wildman–Crippen LogP) is 4.36. The molecule has 0 radical (unpaired) electrons. The van der Waals surface area contributed by atoms with Crippen molar-refractivity contribution in [1.29, 1.82) is 0 Å². The summed E-state index contributed by atoms with van der Waals surface area (Å²) in [6.45, 7) is 5.04. The molecule has 4 aromatic rings. The molecule has 2 aromatic heterocycles. The molecule has 0 spiro atoms. The molecule has 2 N–H and O–H groups in total. The number of hydrogen-bond donors (Lipinski definition) is 2. The van der Waals surface area contributed by atoms with Crippen molar-refractivity contribution in [1.82, 2.24) is 30.3 Å². The first-order chi connectivity index (χ1) is 14.1. The maximum atomic E-state index is 13.2. The molecule has 1 aliphatic rings. The maximum absolute atomic E-state index is 13.2. The summed E-state index contributed by atoms with van der Waals surface area (Å²) in [5, 5.41) is 12.0. The van der Waals surface area contributed by atoms with Crippen LogP contribution < -0.4 is 5.32 Å². The Morgan fingerprint density at radius 1 is 1.14 bits per heavy atom. The molecular weight excluding hydrogens is 367 g/mol. The standard InChI is InChI=1S/C22H23FN6/c1-13(2)29-21-10-15(5-8-18(21)27-28-29)20-12-25-22(26-20)16-9-19(24-11-16)14-3-6-17(23)7-4-14/h3-8,10,12-13,16,19,24H,9,11H2,1-2H3,(H,25,26)/t16-,19?/m0/s1. The van der Waals surface area contributed by atoms with Crippen LogP contribution >= 0.6 is 0 Å². The van der Waals surface area contributed by atoms with Crippen molar-refractivity contribution < 1.29 is 4.39 Å². The van der Waals surface area contributed by atoms with Crippen LogP contribution in [0.25, 0.3) is 22.3 Å². The topological polar surface area (TPSA) is 71.4 Å². The third kappa shape index (κ3) is 3.31. The number of benzene rings is 2. The van der Waals surface area contributed by atoms with E-state index in [0.29, 0.717) is 5.92 Å². The highest BCUT2D eigenvalue weighted by molar-refractivity contribution is 5.80. The highest BCUT2D eigenvalue weighted by Gasteiger charge is 2.28. The zero-order valence-corrected chi connectivity index (χ0v) is 16.4. The molecule has 0 bridgehead atoms. The second-order valence-electron chi connectivity index (χ2n) is 7.96. The minimum atomic E-state index is -0.204. The van der Waals surface area contributed by atoms with Gasteiger partial charge in [-0.15, -0.1) is 5.10 Å². The normalized spacial score (nSPS) is 19.4. The fraction of sp³-hybridized carbons (Fsp3) is 0.318. The SMILES string of the molecule is CC(C)n1nnc2ccc(-c3cnc([C@@H]4CNC(c5ccc(F)cc5)C4)[nH]3)cc21. The van der Waals surface area contributed by atoms with Gasteiger partial charge in [0.2, 0.25) is 0 Å². The molecule has 148 valence electrons. The Kier molecular flexibility index (Phi) is 4.39. The fourth-order valence-corrected chi connectivity index (χ4v) is 4.07. The van der Waals surface area contributed by atoms with E-state index in [-0.39, 0.29) is 17.9 Å². The lowest BCUT2D eigenvalue weighted by molar-refractivity contribution is 0.530. The molecule has 29 heavy (non-hydrogen) atoms. The smallest absolute Gasteiger partial charge is 0.123 e. The molecule has 2 atom stereocenters. The van der Waals surface area contributed by atoms with Crippen molar-refractivity contribution in [3.63, 3.8) is 0 Å². The van der Waals surface area contributed by atoms with E-state index in [1.54, 1.807) is 0 Å². The van der Waals surface area contributed by atoms with Gasteiger partial charge in [-0.2, -0.15) is 0 Å². The van der Waals surface area contributed by atoms with Gasteiger partial charge in [-0.05, 0) is 50.1 Å². The van der Waals surface area contributed by atoms with E-state index in [9.17, 15) is 4.39 Å². The summed E-state index contributed by atoms with van der Waals surface area (Å²) < 4.78 is 15.1. The van der Waals surface area contributed by atoms with E-state index in [1.165, 1.54) is 12.1 Å². The summed E-state index contributed by atoms with van der Waals surface area (Å²) >= 11 is 0. The first-order valence-electron chi connectivity index (χ1n) is 9.97. The van der Waals surface area contributed by atoms with Crippen LogP contribution in [-0.4, -0.2) is 31.5 Å². The second-order valence-corrected chi connectivity index (χ2v) is 7.96. The Morgan fingerprint density at radius 3 is 2.76 bits per heavy atom. The fourth-order valence-electron chi connectivity index (χ4n) is 4.07. The maximum Gasteiger partial charge on any atom is 0.123 e. The minimum Gasteiger partial charge on any atom is -0.342 e. The minimum absolute atomic E-state index is 0.204. The number of halogens is 1. The Morgan fingerprint density at radius 2 is 1.97 bits per heavy atom. The van der Waals surface area contributed by atoms with Gasteiger partial charge in [-0.1, -0.05) is 23.4 Å². The van der Waals surface area contributed by atoms with Crippen LogP contribution in [0.4, 0.5) is 4.39 Å². The van der Waals surface area contributed by atoms with E-state index >= 15 is 0 Å². The number of fused-ring (bicyclic) bond motifs is 1. The van der Waals surface area contributed by atoms with Gasteiger partial charge in [0.25, 0.3) is 0 Å². The monoisotopic (exact) mass is 390 g/mol. The van der Waals surface area contributed by atoms with Crippen LogP contribution in [0.15, 0.2) is 48.7 Å². The van der Waals surface area contributed by atoms with Crippen LogP contribution in [0.2, 0.25) is 0 Å². The number of nitrogens with zero attached hydrogens (tertiary/aromatic N) is 4. The van der Waals surface area contributed by atoms with Gasteiger partial charge in [0.15, 0.2) is 0 Å². The van der Waals surface area contributed by atoms with Crippen LogP contribution in [0.5, 0.6) is 0 Å². The number of rotatable bonds is 4. The molecule has 1 fully saturated rings. The Hall–Kier alpha value is -3.06. The molecule has 6 nitrogen and oxygen atoms in total. The summed E-state index contributed by atoms with van der Waals surface area (Å²) in [4.78, 5) is 8.15. The Labute approximate surface area is 168 Å². The first kappa shape index (κ1) is 18.0. The lowest BCUT2D eigenvalue weighted by Crippen LogP contribution is -2.13. The van der Waals surface area contributed by atoms with Crippen LogP contribution in [0.1, 0.15) is 49.7 Å². The number of aromatic amines is 1. The van der Waals surface area contributed by atoms with Gasteiger partial charge in [0.1, 0.15) is 17.2 Å². The van der Waals surface area contributed by atoms with Crippen molar-refractivity contribution in [2.75, 3.05) is 6.54 Å². The molecule has 5 rings (SSSR count). The van der Waals surface area contributed by atoms with Gasteiger partial charge in [-0.3, -0.25) is 0 Å².